The molecule has 1 aliphatic rings. The minimum Gasteiger partial charge on any atom is -0.469 e. The molecule has 1 aliphatic heterocycles. The molecule has 0 aliphatic carbocycles. The van der Waals surface area contributed by atoms with Gasteiger partial charge in [0, 0.05) is 42.0 Å². The van der Waals surface area contributed by atoms with Crippen LogP contribution in [0.15, 0.2) is 90.0 Å². The van der Waals surface area contributed by atoms with Crippen LogP contribution in [0, 0.1) is 0 Å². The van der Waals surface area contributed by atoms with Gasteiger partial charge in [0.05, 0.1) is 30.2 Å². The maximum absolute atomic E-state index is 13.6. The zero-order valence-electron chi connectivity index (χ0n) is 21.6. The van der Waals surface area contributed by atoms with Gasteiger partial charge in [-0.1, -0.05) is 41.9 Å². The highest BCUT2D eigenvalue weighted by molar-refractivity contribution is 7.89. The first-order chi connectivity index (χ1) is 18.8. The van der Waals surface area contributed by atoms with Gasteiger partial charge in [-0.05, 0) is 59.3 Å². The molecule has 1 fully saturated rings. The first-order valence-electron chi connectivity index (χ1n) is 12.3. The fraction of sp³-hybridized carbons (Fsp3) is 0.207. The maximum Gasteiger partial charge on any atom is 0.307 e. The molecule has 0 N–H and O–H groups in total. The average molecular weight is 601 g/mol. The number of piperazine rings is 1. The lowest BCUT2D eigenvalue weighted by Gasteiger charge is -2.40. The number of nitrogens with zero attached hydrogens (tertiary/aromatic N) is 3. The Balaban J connectivity index is 0.00000370. The molecule has 1 atom stereocenters. The van der Waals surface area contributed by atoms with Crippen LogP contribution in [0.5, 0.6) is 0 Å². The third-order valence-corrected chi connectivity index (χ3v) is 8.94. The topological polar surface area (TPSA) is 96.9 Å². The molecule has 40 heavy (non-hydrogen) atoms. The van der Waals surface area contributed by atoms with Crippen LogP contribution in [-0.4, -0.2) is 67.3 Å². The van der Waals surface area contributed by atoms with Crippen molar-refractivity contribution in [3.63, 3.8) is 0 Å². The summed E-state index contributed by atoms with van der Waals surface area (Å²) in [6.07, 6.45) is 1.57. The molecular formula is C29H27Cl2N3O5S. The Labute approximate surface area is 244 Å². The Morgan fingerprint density at radius 3 is 2.40 bits per heavy atom. The van der Waals surface area contributed by atoms with Crippen LogP contribution in [0.4, 0.5) is 0 Å². The van der Waals surface area contributed by atoms with Crippen LogP contribution in [-0.2, 0) is 19.6 Å². The van der Waals surface area contributed by atoms with Crippen molar-refractivity contribution in [3.05, 3.63) is 95.6 Å². The lowest BCUT2D eigenvalue weighted by Crippen LogP contribution is -2.57. The van der Waals surface area contributed by atoms with E-state index in [0.717, 1.165) is 22.0 Å². The van der Waals surface area contributed by atoms with E-state index in [-0.39, 0.29) is 49.3 Å². The summed E-state index contributed by atoms with van der Waals surface area (Å²) in [6.45, 7) is 0.190. The number of hydrogen-bond acceptors (Lipinski definition) is 6. The van der Waals surface area contributed by atoms with Crippen LogP contribution in [0.2, 0.25) is 5.02 Å². The third kappa shape index (κ3) is 6.13. The molecule has 1 aromatic heterocycles. The molecule has 0 spiro atoms. The number of methoxy groups -OCH3 is 1. The Bertz CT molecular complexity index is 1630. The summed E-state index contributed by atoms with van der Waals surface area (Å²) in [4.78, 5) is 31.8. The molecule has 1 unspecified atom stereocenters. The maximum atomic E-state index is 13.6. The number of halogens is 2. The SMILES string of the molecule is COC(=O)CC1CN(S(=O)(=O)c2ccc3cc(Cl)ccc3c2)CCN1C(=O)c1ccc(-c2ccccn2)cc1.Cl. The average Bonchev–Trinajstić information content (AvgIpc) is 2.97. The minimum atomic E-state index is -3.89. The predicted octanol–water partition coefficient (Wildman–Crippen LogP) is 5.06. The van der Waals surface area contributed by atoms with E-state index in [9.17, 15) is 18.0 Å². The van der Waals surface area contributed by atoms with E-state index in [0.29, 0.717) is 10.6 Å². The molecule has 4 aromatic rings. The number of rotatable bonds is 6. The van der Waals surface area contributed by atoms with E-state index in [2.05, 4.69) is 4.98 Å². The molecule has 1 amide bonds. The second-order valence-corrected chi connectivity index (χ2v) is 11.6. The second kappa shape index (κ2) is 12.3. The van der Waals surface area contributed by atoms with Gasteiger partial charge in [-0.3, -0.25) is 14.6 Å². The van der Waals surface area contributed by atoms with E-state index < -0.39 is 22.0 Å². The van der Waals surface area contributed by atoms with Gasteiger partial charge in [0.1, 0.15) is 0 Å². The van der Waals surface area contributed by atoms with E-state index in [4.69, 9.17) is 16.3 Å². The number of fused-ring (bicyclic) bond motifs is 1. The lowest BCUT2D eigenvalue weighted by molar-refractivity contribution is -0.142. The first-order valence-corrected chi connectivity index (χ1v) is 14.2. The number of benzene rings is 3. The van der Waals surface area contributed by atoms with Crippen LogP contribution >= 0.6 is 24.0 Å². The number of amides is 1. The molecule has 5 rings (SSSR count). The number of esters is 1. The molecule has 2 heterocycles. The number of carbonyl (C=O) groups excluding carboxylic acids is 2. The quantitative estimate of drug-likeness (QED) is 0.287. The van der Waals surface area contributed by atoms with Gasteiger partial charge in [0.2, 0.25) is 10.0 Å². The van der Waals surface area contributed by atoms with Gasteiger partial charge in [0.15, 0.2) is 0 Å². The van der Waals surface area contributed by atoms with Gasteiger partial charge >= 0.3 is 5.97 Å². The van der Waals surface area contributed by atoms with Crippen molar-refractivity contribution >= 4 is 56.7 Å². The van der Waals surface area contributed by atoms with Crippen molar-refractivity contribution in [2.45, 2.75) is 17.4 Å². The number of ether oxygens (including phenoxy) is 1. The zero-order valence-corrected chi connectivity index (χ0v) is 24.0. The fourth-order valence-electron chi connectivity index (χ4n) is 4.75. The highest BCUT2D eigenvalue weighted by atomic mass is 35.5. The molecule has 8 nitrogen and oxygen atoms in total. The minimum absolute atomic E-state index is 0. The molecule has 208 valence electrons. The van der Waals surface area contributed by atoms with Crippen LogP contribution in [0.3, 0.4) is 0 Å². The van der Waals surface area contributed by atoms with Crippen molar-refractivity contribution < 1.29 is 22.7 Å². The lowest BCUT2D eigenvalue weighted by atomic mass is 10.0. The zero-order chi connectivity index (χ0) is 27.6. The van der Waals surface area contributed by atoms with Gasteiger partial charge in [-0.2, -0.15) is 4.31 Å². The highest BCUT2D eigenvalue weighted by Crippen LogP contribution is 2.27. The summed E-state index contributed by atoms with van der Waals surface area (Å²) in [5.74, 6) is -0.804. The van der Waals surface area contributed by atoms with E-state index in [1.54, 1.807) is 59.6 Å². The van der Waals surface area contributed by atoms with Gasteiger partial charge in [0.25, 0.3) is 5.91 Å². The summed E-state index contributed by atoms with van der Waals surface area (Å²) in [5.41, 5.74) is 2.09. The van der Waals surface area contributed by atoms with Crippen LogP contribution in [0.25, 0.3) is 22.0 Å². The monoisotopic (exact) mass is 599 g/mol. The van der Waals surface area contributed by atoms with Crippen LogP contribution in [0.1, 0.15) is 16.8 Å². The van der Waals surface area contributed by atoms with Crippen molar-refractivity contribution in [3.8, 4) is 11.3 Å². The largest absolute Gasteiger partial charge is 0.469 e. The highest BCUT2D eigenvalue weighted by Gasteiger charge is 2.38. The van der Waals surface area contributed by atoms with Crippen LogP contribution < -0.4 is 0 Å². The number of hydrogen-bond donors (Lipinski definition) is 0. The van der Waals surface area contributed by atoms with Gasteiger partial charge in [-0.15, -0.1) is 12.4 Å². The van der Waals surface area contributed by atoms with E-state index in [1.807, 2.05) is 30.3 Å². The third-order valence-electron chi connectivity index (χ3n) is 6.84. The fourth-order valence-corrected chi connectivity index (χ4v) is 6.43. The van der Waals surface area contributed by atoms with Crippen molar-refractivity contribution in [1.82, 2.24) is 14.2 Å². The Hall–Kier alpha value is -3.50. The van der Waals surface area contributed by atoms with Crippen molar-refractivity contribution in [1.29, 1.82) is 0 Å². The van der Waals surface area contributed by atoms with Gasteiger partial charge in [-0.25, -0.2) is 8.42 Å². The second-order valence-electron chi connectivity index (χ2n) is 9.24. The Morgan fingerprint density at radius 2 is 1.70 bits per heavy atom. The summed E-state index contributed by atoms with van der Waals surface area (Å²) in [7, 11) is -2.62. The summed E-state index contributed by atoms with van der Waals surface area (Å²) < 4.78 is 33.4. The number of aromatic nitrogens is 1. The standard InChI is InChI=1S/C29H26ClN3O5S.ClH/c1-38-28(34)18-25-19-32(39(36,37)26-12-10-22-16-24(30)11-9-23(22)17-26)14-15-33(25)29(35)21-7-5-20(6-8-21)27-4-2-3-13-31-27;/h2-13,16-17,25H,14-15,18-19H2,1H3;1H. The summed E-state index contributed by atoms with van der Waals surface area (Å²) in [6, 6.07) is 22.1. The molecule has 3 aromatic carbocycles. The predicted molar refractivity (Wildman–Crippen MR) is 156 cm³/mol. The van der Waals surface area contributed by atoms with Crippen molar-refractivity contribution in [2.24, 2.45) is 0 Å². The van der Waals surface area contributed by atoms with E-state index >= 15 is 0 Å². The first kappa shape index (κ1) is 29.5. The summed E-state index contributed by atoms with van der Waals surface area (Å²) in [5, 5.41) is 2.14. The molecular weight excluding hydrogens is 573 g/mol. The van der Waals surface area contributed by atoms with Gasteiger partial charge < -0.3 is 9.64 Å². The molecule has 0 radical (unpaired) electrons. The normalized spacial score (nSPS) is 15.8. The van der Waals surface area contributed by atoms with Crippen molar-refractivity contribution in [2.75, 3.05) is 26.7 Å². The summed E-state index contributed by atoms with van der Waals surface area (Å²) >= 11 is 6.06. The molecule has 1 saturated heterocycles. The number of pyridine rings is 1. The molecule has 0 saturated carbocycles. The smallest absolute Gasteiger partial charge is 0.307 e. The molecule has 11 heteroatoms. The Morgan fingerprint density at radius 1 is 0.975 bits per heavy atom. The Kier molecular flexibility index (Phi) is 9.10. The molecule has 0 bridgehead atoms. The van der Waals surface area contributed by atoms with E-state index in [1.165, 1.54) is 11.4 Å². The number of sulfonamides is 1. The number of carbonyl (C=O) groups is 2.